The molecule has 0 bridgehead atoms. The molecule has 2 aromatic carbocycles. The van der Waals surface area contributed by atoms with E-state index in [9.17, 15) is 24.6 Å². The number of carboxylic acids is 2. The Morgan fingerprint density at radius 1 is 1.00 bits per heavy atom. The molecule has 0 aliphatic rings. The lowest BCUT2D eigenvalue weighted by atomic mass is 10.0. The first-order chi connectivity index (χ1) is 14.8. The second-order valence-corrected chi connectivity index (χ2v) is 6.42. The van der Waals surface area contributed by atoms with E-state index in [2.05, 4.69) is 4.98 Å². The molecule has 1 heterocycles. The summed E-state index contributed by atoms with van der Waals surface area (Å²) in [7, 11) is 0. The van der Waals surface area contributed by atoms with Crippen molar-refractivity contribution in [3.05, 3.63) is 77.0 Å². The average molecular weight is 423 g/mol. The fourth-order valence-corrected chi connectivity index (χ4v) is 2.76. The number of aromatic nitrogens is 1. The van der Waals surface area contributed by atoms with E-state index in [0.29, 0.717) is 11.3 Å². The zero-order chi connectivity index (χ0) is 22.5. The van der Waals surface area contributed by atoms with Gasteiger partial charge in [0.15, 0.2) is 5.78 Å². The summed E-state index contributed by atoms with van der Waals surface area (Å²) in [6.45, 7) is 1.16. The van der Waals surface area contributed by atoms with E-state index in [1.54, 1.807) is 24.3 Å². The van der Waals surface area contributed by atoms with Gasteiger partial charge in [0.1, 0.15) is 29.4 Å². The van der Waals surface area contributed by atoms with Crippen LogP contribution in [0, 0.1) is 0 Å². The molecule has 0 saturated heterocycles. The third-order valence-electron chi connectivity index (χ3n) is 4.23. The summed E-state index contributed by atoms with van der Waals surface area (Å²) in [5, 5.41) is 28.6. The van der Waals surface area contributed by atoms with E-state index in [1.807, 2.05) is 0 Å². The number of nitrogens with zero attached hydrogens (tertiary/aromatic N) is 1. The molecule has 9 heteroatoms. The third-order valence-corrected chi connectivity index (χ3v) is 4.23. The predicted octanol–water partition coefficient (Wildman–Crippen LogP) is 3.76. The highest BCUT2D eigenvalue weighted by Gasteiger charge is 2.22. The van der Waals surface area contributed by atoms with Crippen LogP contribution >= 0.6 is 0 Å². The number of hydrogen-bond donors (Lipinski definition) is 3. The minimum Gasteiger partial charge on any atom is -0.506 e. The zero-order valence-electron chi connectivity index (χ0n) is 16.2. The van der Waals surface area contributed by atoms with E-state index in [0.717, 1.165) is 0 Å². The molecule has 0 radical (unpaired) electrons. The topological polar surface area (TPSA) is 143 Å². The van der Waals surface area contributed by atoms with Crippen LogP contribution in [0.2, 0.25) is 0 Å². The number of aromatic hydroxyl groups is 1. The van der Waals surface area contributed by atoms with Gasteiger partial charge in [0.2, 0.25) is 5.88 Å². The smallest absolute Gasteiger partial charge is 0.343 e. The lowest BCUT2D eigenvalue weighted by Gasteiger charge is -2.13. The van der Waals surface area contributed by atoms with Gasteiger partial charge in [0.05, 0.1) is 11.1 Å². The number of benzene rings is 2. The van der Waals surface area contributed by atoms with Crippen LogP contribution in [0.15, 0.2) is 54.7 Å². The molecule has 3 aromatic rings. The van der Waals surface area contributed by atoms with Crippen molar-refractivity contribution in [1.82, 2.24) is 4.98 Å². The molecule has 3 N–H and O–H groups in total. The maximum absolute atomic E-state index is 11.5. The number of phenols is 1. The van der Waals surface area contributed by atoms with Crippen LogP contribution in [0.1, 0.15) is 43.6 Å². The summed E-state index contributed by atoms with van der Waals surface area (Å²) >= 11 is 0. The minimum atomic E-state index is -1.43. The molecule has 31 heavy (non-hydrogen) atoms. The quantitative estimate of drug-likeness (QED) is 0.461. The van der Waals surface area contributed by atoms with E-state index >= 15 is 0 Å². The molecule has 0 unspecified atom stereocenters. The summed E-state index contributed by atoms with van der Waals surface area (Å²) in [4.78, 5) is 38.1. The zero-order valence-corrected chi connectivity index (χ0v) is 16.2. The highest BCUT2D eigenvalue weighted by Crippen LogP contribution is 2.32. The Hall–Kier alpha value is -4.40. The first kappa shape index (κ1) is 21.3. The molecule has 9 nitrogen and oxygen atoms in total. The number of ketones is 1. The van der Waals surface area contributed by atoms with Gasteiger partial charge in [-0.15, -0.1) is 0 Å². The molecule has 0 atom stereocenters. The largest absolute Gasteiger partial charge is 0.506 e. The second kappa shape index (κ2) is 8.95. The number of rotatable bonds is 8. The van der Waals surface area contributed by atoms with Crippen molar-refractivity contribution < 1.29 is 39.2 Å². The number of carbonyl (C=O) groups excluding carboxylic acids is 1. The highest BCUT2D eigenvalue weighted by atomic mass is 16.5. The molecule has 0 aliphatic carbocycles. The van der Waals surface area contributed by atoms with Crippen LogP contribution in [0.25, 0.3) is 0 Å². The number of ether oxygens (including phenoxy) is 2. The van der Waals surface area contributed by atoms with Crippen molar-refractivity contribution in [3.8, 4) is 23.1 Å². The van der Waals surface area contributed by atoms with Gasteiger partial charge in [-0.2, -0.15) is 0 Å². The minimum absolute atomic E-state index is 0.0273. The number of carboxylic acid groups (broad SMARTS) is 2. The lowest BCUT2D eigenvalue weighted by Crippen LogP contribution is -2.07. The first-order valence-electron chi connectivity index (χ1n) is 8.95. The van der Waals surface area contributed by atoms with Crippen molar-refractivity contribution >= 4 is 17.7 Å². The fraction of sp³-hybridized carbons (Fsp3) is 0.0909. The van der Waals surface area contributed by atoms with Gasteiger partial charge >= 0.3 is 11.9 Å². The lowest BCUT2D eigenvalue weighted by molar-refractivity contribution is 0.0680. The van der Waals surface area contributed by atoms with Crippen LogP contribution in [0.3, 0.4) is 0 Å². The van der Waals surface area contributed by atoms with Gasteiger partial charge in [-0.05, 0) is 42.8 Å². The van der Waals surface area contributed by atoms with Gasteiger partial charge in [0, 0.05) is 12.3 Å². The summed E-state index contributed by atoms with van der Waals surface area (Å²) in [6, 6.07) is 11.8. The molecule has 0 fully saturated rings. The van der Waals surface area contributed by atoms with Crippen molar-refractivity contribution in [2.24, 2.45) is 0 Å². The van der Waals surface area contributed by atoms with Crippen molar-refractivity contribution in [3.63, 3.8) is 0 Å². The normalized spacial score (nSPS) is 10.4. The number of aromatic carboxylic acids is 2. The molecule has 0 saturated carbocycles. The predicted molar refractivity (Wildman–Crippen MR) is 107 cm³/mol. The van der Waals surface area contributed by atoms with Crippen LogP contribution in [0.5, 0.6) is 23.1 Å². The van der Waals surface area contributed by atoms with Gasteiger partial charge in [0.25, 0.3) is 0 Å². The summed E-state index contributed by atoms with van der Waals surface area (Å²) in [5.41, 5.74) is 0.0175. The number of carbonyl (C=O) groups is 3. The van der Waals surface area contributed by atoms with Crippen LogP contribution in [0.4, 0.5) is 0 Å². The number of Topliss-reactive ketones (excluding diaryl/α,β-unsaturated/α-hetero) is 1. The average Bonchev–Trinajstić information content (AvgIpc) is 2.72. The Bertz CT molecular complexity index is 1170. The summed E-state index contributed by atoms with van der Waals surface area (Å²) in [5.74, 6) is -3.31. The van der Waals surface area contributed by atoms with Crippen molar-refractivity contribution in [1.29, 1.82) is 0 Å². The van der Waals surface area contributed by atoms with Crippen molar-refractivity contribution in [2.75, 3.05) is 0 Å². The first-order valence-corrected chi connectivity index (χ1v) is 8.95. The second-order valence-electron chi connectivity index (χ2n) is 6.42. The Morgan fingerprint density at radius 2 is 1.77 bits per heavy atom. The SMILES string of the molecule is CC(=O)c1ccc(OCc2cccc(Oc3cc(C(=O)O)ccn3)c2)c(C(=O)O)c1O. The van der Waals surface area contributed by atoms with Crippen LogP contribution < -0.4 is 9.47 Å². The molecule has 0 spiro atoms. The standard InChI is InChI=1S/C22H17NO8/c1-12(24)16-5-6-17(19(20(16)25)22(28)29)30-11-13-3-2-4-15(9-13)31-18-10-14(21(26)27)7-8-23-18/h2-10,25H,11H2,1H3,(H,26,27)(H,28,29). The van der Waals surface area contributed by atoms with E-state index in [4.69, 9.17) is 14.6 Å². The van der Waals surface area contributed by atoms with Gasteiger partial charge in [-0.3, -0.25) is 4.79 Å². The Labute approximate surface area is 176 Å². The monoisotopic (exact) mass is 423 g/mol. The Balaban J connectivity index is 1.79. The van der Waals surface area contributed by atoms with E-state index < -0.39 is 29.0 Å². The Morgan fingerprint density at radius 3 is 2.45 bits per heavy atom. The van der Waals surface area contributed by atoms with E-state index in [1.165, 1.54) is 37.4 Å². The van der Waals surface area contributed by atoms with Crippen molar-refractivity contribution in [2.45, 2.75) is 13.5 Å². The molecular formula is C22H17NO8. The van der Waals surface area contributed by atoms with Crippen LogP contribution in [-0.2, 0) is 6.61 Å². The number of hydrogen-bond acceptors (Lipinski definition) is 7. The maximum Gasteiger partial charge on any atom is 0.343 e. The maximum atomic E-state index is 11.5. The van der Waals surface area contributed by atoms with Gasteiger partial charge in [-0.1, -0.05) is 12.1 Å². The number of pyridine rings is 1. The molecule has 0 aliphatic heterocycles. The van der Waals surface area contributed by atoms with Gasteiger partial charge < -0.3 is 24.8 Å². The van der Waals surface area contributed by atoms with E-state index in [-0.39, 0.29) is 29.4 Å². The fourth-order valence-electron chi connectivity index (χ4n) is 2.76. The third kappa shape index (κ3) is 4.96. The van der Waals surface area contributed by atoms with Gasteiger partial charge in [-0.25, -0.2) is 14.6 Å². The highest BCUT2D eigenvalue weighted by molar-refractivity contribution is 6.03. The Kier molecular flexibility index (Phi) is 6.15. The molecule has 0 amide bonds. The van der Waals surface area contributed by atoms with Crippen LogP contribution in [-0.4, -0.2) is 38.0 Å². The summed E-state index contributed by atoms with van der Waals surface area (Å²) in [6.07, 6.45) is 1.32. The molecule has 158 valence electrons. The molecule has 3 rings (SSSR count). The molecular weight excluding hydrogens is 406 g/mol. The molecule has 1 aromatic heterocycles. The summed E-state index contributed by atoms with van der Waals surface area (Å²) < 4.78 is 11.1.